The van der Waals surface area contributed by atoms with Crippen LogP contribution in [0.4, 0.5) is 4.39 Å². The van der Waals surface area contributed by atoms with Gasteiger partial charge in [0.1, 0.15) is 6.17 Å². The van der Waals surface area contributed by atoms with Crippen molar-refractivity contribution in [2.45, 2.75) is 51.6 Å². The number of alkyl halides is 1. The molecule has 0 aromatic rings. The van der Waals surface area contributed by atoms with Crippen LogP contribution < -0.4 is 0 Å². The van der Waals surface area contributed by atoms with Crippen LogP contribution >= 0.6 is 0 Å². The van der Waals surface area contributed by atoms with Crippen LogP contribution in [0.5, 0.6) is 0 Å². The van der Waals surface area contributed by atoms with E-state index < -0.39 is 6.17 Å². The Morgan fingerprint density at radius 2 is 2.09 bits per heavy atom. The average Bonchev–Trinajstić information content (AvgIpc) is 2.01. The fourth-order valence-electron chi connectivity index (χ4n) is 1.06. The van der Waals surface area contributed by atoms with Gasteiger partial charge in [0, 0.05) is 0 Å². The molecule has 0 nitrogen and oxygen atoms in total. The van der Waals surface area contributed by atoms with Crippen LogP contribution in [-0.4, -0.2) is 6.17 Å². The Kier molecular flexibility index (Phi) is 7.54. The van der Waals surface area contributed by atoms with Gasteiger partial charge in [-0.05, 0) is 19.3 Å². The van der Waals surface area contributed by atoms with Crippen molar-refractivity contribution < 1.29 is 4.39 Å². The molecule has 0 N–H and O–H groups in total. The van der Waals surface area contributed by atoms with Crippen molar-refractivity contribution in [1.29, 1.82) is 0 Å². The molecule has 0 saturated carbocycles. The minimum atomic E-state index is -0.598. The zero-order valence-electron chi connectivity index (χ0n) is 7.48. The van der Waals surface area contributed by atoms with Crippen LogP contribution in [0.3, 0.4) is 0 Å². The minimum Gasteiger partial charge on any atom is -0.247 e. The fraction of sp³-hybridized carbons (Fsp3) is 0.800. The van der Waals surface area contributed by atoms with Gasteiger partial charge in [-0.3, -0.25) is 0 Å². The minimum absolute atomic E-state index is 0.598. The monoisotopic (exact) mass is 158 g/mol. The van der Waals surface area contributed by atoms with E-state index in [1.807, 2.05) is 0 Å². The number of hydrogen-bond donors (Lipinski definition) is 0. The van der Waals surface area contributed by atoms with E-state index in [1.54, 1.807) is 6.08 Å². The SMILES string of the molecule is C=CCCC(F)CCCCC. The Labute approximate surface area is 69.5 Å². The molecule has 0 aromatic heterocycles. The van der Waals surface area contributed by atoms with Gasteiger partial charge in [-0.15, -0.1) is 6.58 Å². The van der Waals surface area contributed by atoms with Crippen molar-refractivity contribution in [2.24, 2.45) is 0 Å². The molecule has 0 aromatic carbocycles. The van der Waals surface area contributed by atoms with Gasteiger partial charge in [0.05, 0.1) is 0 Å². The Bertz CT molecular complexity index is 88.9. The predicted molar refractivity (Wildman–Crippen MR) is 48.5 cm³/mol. The van der Waals surface area contributed by atoms with Gasteiger partial charge in [0.25, 0.3) is 0 Å². The lowest BCUT2D eigenvalue weighted by atomic mass is 10.1. The van der Waals surface area contributed by atoms with Crippen molar-refractivity contribution in [1.82, 2.24) is 0 Å². The van der Waals surface area contributed by atoms with Crippen molar-refractivity contribution in [2.75, 3.05) is 0 Å². The van der Waals surface area contributed by atoms with Crippen LogP contribution in [0, 0.1) is 0 Å². The normalized spacial score (nSPS) is 12.9. The quantitative estimate of drug-likeness (QED) is 0.389. The van der Waals surface area contributed by atoms with Crippen molar-refractivity contribution >= 4 is 0 Å². The first-order valence-electron chi connectivity index (χ1n) is 4.56. The second-order valence-electron chi connectivity index (χ2n) is 2.96. The maximum absolute atomic E-state index is 12.9. The third-order valence-corrected chi connectivity index (χ3v) is 1.80. The zero-order chi connectivity index (χ0) is 8.53. The lowest BCUT2D eigenvalue weighted by Crippen LogP contribution is -1.98. The summed E-state index contributed by atoms with van der Waals surface area (Å²) < 4.78 is 12.9. The molecule has 1 atom stereocenters. The van der Waals surface area contributed by atoms with E-state index >= 15 is 0 Å². The van der Waals surface area contributed by atoms with Crippen LogP contribution in [0.2, 0.25) is 0 Å². The van der Waals surface area contributed by atoms with E-state index in [-0.39, 0.29) is 0 Å². The molecule has 0 rings (SSSR count). The summed E-state index contributed by atoms with van der Waals surface area (Å²) in [5.74, 6) is 0. The summed E-state index contributed by atoms with van der Waals surface area (Å²) >= 11 is 0. The summed E-state index contributed by atoms with van der Waals surface area (Å²) in [6.07, 6.45) is 6.77. The molecule has 0 spiro atoms. The second-order valence-corrected chi connectivity index (χ2v) is 2.96. The highest BCUT2D eigenvalue weighted by Gasteiger charge is 2.03. The maximum Gasteiger partial charge on any atom is 0.100 e. The van der Waals surface area contributed by atoms with Crippen molar-refractivity contribution in [3.63, 3.8) is 0 Å². The van der Waals surface area contributed by atoms with Crippen LogP contribution in [0.1, 0.15) is 45.4 Å². The summed E-state index contributed by atoms with van der Waals surface area (Å²) in [5, 5.41) is 0. The molecule has 0 aliphatic carbocycles. The molecule has 0 fully saturated rings. The Morgan fingerprint density at radius 3 is 2.64 bits per heavy atom. The number of halogens is 1. The largest absolute Gasteiger partial charge is 0.247 e. The molecular weight excluding hydrogens is 139 g/mol. The summed E-state index contributed by atoms with van der Waals surface area (Å²) in [5.41, 5.74) is 0. The van der Waals surface area contributed by atoms with E-state index in [4.69, 9.17) is 0 Å². The third-order valence-electron chi connectivity index (χ3n) is 1.80. The van der Waals surface area contributed by atoms with Gasteiger partial charge in [0.2, 0.25) is 0 Å². The van der Waals surface area contributed by atoms with Gasteiger partial charge >= 0.3 is 0 Å². The van der Waals surface area contributed by atoms with Crippen molar-refractivity contribution in [3.05, 3.63) is 12.7 Å². The van der Waals surface area contributed by atoms with E-state index in [0.29, 0.717) is 6.42 Å². The lowest BCUT2D eigenvalue weighted by molar-refractivity contribution is 0.290. The van der Waals surface area contributed by atoms with Gasteiger partial charge in [-0.25, -0.2) is 4.39 Å². The first-order valence-corrected chi connectivity index (χ1v) is 4.56. The second kappa shape index (κ2) is 7.77. The molecule has 0 aliphatic heterocycles. The molecular formula is C10H19F. The van der Waals surface area contributed by atoms with Gasteiger partial charge in [-0.1, -0.05) is 32.3 Å². The molecule has 1 unspecified atom stereocenters. The van der Waals surface area contributed by atoms with Gasteiger partial charge in [0.15, 0.2) is 0 Å². The molecule has 66 valence electrons. The Balaban J connectivity index is 3.08. The molecule has 11 heavy (non-hydrogen) atoms. The number of rotatable bonds is 7. The molecule has 0 aliphatic rings. The van der Waals surface area contributed by atoms with E-state index in [0.717, 1.165) is 25.7 Å². The molecule has 1 heteroatoms. The third kappa shape index (κ3) is 7.57. The van der Waals surface area contributed by atoms with Crippen molar-refractivity contribution in [3.8, 4) is 0 Å². The standard InChI is InChI=1S/C10H19F/c1-3-5-7-9-10(11)8-6-4-2/h4,10H,2-3,5-9H2,1H3. The zero-order valence-corrected chi connectivity index (χ0v) is 7.48. The number of unbranched alkanes of at least 4 members (excludes halogenated alkanes) is 2. The summed E-state index contributed by atoms with van der Waals surface area (Å²) in [6, 6.07) is 0. The molecule has 0 heterocycles. The van der Waals surface area contributed by atoms with Crippen LogP contribution in [-0.2, 0) is 0 Å². The molecule has 0 saturated heterocycles. The lowest BCUT2D eigenvalue weighted by Gasteiger charge is -2.04. The smallest absolute Gasteiger partial charge is 0.100 e. The van der Waals surface area contributed by atoms with Gasteiger partial charge < -0.3 is 0 Å². The first kappa shape index (κ1) is 10.7. The molecule has 0 radical (unpaired) electrons. The predicted octanol–water partition coefficient (Wildman–Crippen LogP) is 3.87. The number of hydrogen-bond acceptors (Lipinski definition) is 0. The Hall–Kier alpha value is -0.330. The first-order chi connectivity index (χ1) is 5.31. The fourth-order valence-corrected chi connectivity index (χ4v) is 1.06. The number of allylic oxidation sites excluding steroid dienone is 1. The van der Waals surface area contributed by atoms with Crippen LogP contribution in [0.15, 0.2) is 12.7 Å². The highest BCUT2D eigenvalue weighted by atomic mass is 19.1. The Morgan fingerprint density at radius 1 is 1.36 bits per heavy atom. The topological polar surface area (TPSA) is 0 Å². The summed E-state index contributed by atoms with van der Waals surface area (Å²) in [7, 11) is 0. The highest BCUT2D eigenvalue weighted by molar-refractivity contribution is 4.69. The summed E-state index contributed by atoms with van der Waals surface area (Å²) in [4.78, 5) is 0. The average molecular weight is 158 g/mol. The maximum atomic E-state index is 12.9. The van der Waals surface area contributed by atoms with Crippen LogP contribution in [0.25, 0.3) is 0 Å². The van der Waals surface area contributed by atoms with E-state index in [1.165, 1.54) is 6.42 Å². The van der Waals surface area contributed by atoms with E-state index in [2.05, 4.69) is 13.5 Å². The summed E-state index contributed by atoms with van der Waals surface area (Å²) in [6.45, 7) is 5.70. The molecule has 0 amide bonds. The highest BCUT2D eigenvalue weighted by Crippen LogP contribution is 2.11. The van der Waals surface area contributed by atoms with Gasteiger partial charge in [-0.2, -0.15) is 0 Å². The molecule has 0 bridgehead atoms. The van der Waals surface area contributed by atoms with E-state index in [9.17, 15) is 4.39 Å².